The van der Waals surface area contributed by atoms with E-state index in [4.69, 9.17) is 5.11 Å². The zero-order valence-electron chi connectivity index (χ0n) is 9.75. The van der Waals surface area contributed by atoms with Gasteiger partial charge in [-0.1, -0.05) is 0 Å². The highest BCUT2D eigenvalue weighted by molar-refractivity contribution is 7.93. The molecule has 0 atom stereocenters. The van der Waals surface area contributed by atoms with Crippen LogP contribution in [-0.2, 0) is 9.84 Å². The Morgan fingerprint density at radius 1 is 1.26 bits per heavy atom. The van der Waals surface area contributed by atoms with Gasteiger partial charge in [-0.15, -0.1) is 11.3 Å². The molecule has 0 amide bonds. The molecular formula is C12H9FO4S2. The quantitative estimate of drug-likeness (QED) is 0.885. The van der Waals surface area contributed by atoms with Gasteiger partial charge in [0.05, 0.1) is 4.90 Å². The summed E-state index contributed by atoms with van der Waals surface area (Å²) in [5.41, 5.74) is 0.283. The smallest absolute Gasteiger partial charge is 0.345 e. The zero-order valence-corrected chi connectivity index (χ0v) is 11.4. The van der Waals surface area contributed by atoms with Gasteiger partial charge in [0.15, 0.2) is 0 Å². The Morgan fingerprint density at radius 3 is 2.47 bits per heavy atom. The van der Waals surface area contributed by atoms with Crippen molar-refractivity contribution in [3.8, 4) is 0 Å². The second kappa shape index (κ2) is 4.75. The molecule has 0 fully saturated rings. The van der Waals surface area contributed by atoms with E-state index in [1.54, 1.807) is 0 Å². The fraction of sp³-hybridized carbons (Fsp3) is 0.0833. The van der Waals surface area contributed by atoms with Crippen LogP contribution in [0.5, 0.6) is 0 Å². The number of carboxylic acids is 1. The SMILES string of the molecule is Cc1cc(F)ccc1S(=O)(=O)c1ccc(C(=O)O)s1. The molecule has 7 heteroatoms. The van der Waals surface area contributed by atoms with E-state index in [1.807, 2.05) is 0 Å². The summed E-state index contributed by atoms with van der Waals surface area (Å²) in [5, 5.41) is 8.79. The average molecular weight is 300 g/mol. The molecule has 2 aromatic rings. The first-order valence-corrected chi connectivity index (χ1v) is 7.46. The van der Waals surface area contributed by atoms with Crippen molar-refractivity contribution < 1.29 is 22.7 Å². The molecule has 0 spiro atoms. The maximum Gasteiger partial charge on any atom is 0.345 e. The lowest BCUT2D eigenvalue weighted by Crippen LogP contribution is -2.02. The number of carboxylic acid groups (broad SMARTS) is 1. The van der Waals surface area contributed by atoms with Crippen LogP contribution in [0.2, 0.25) is 0 Å². The highest BCUT2D eigenvalue weighted by Crippen LogP contribution is 2.29. The summed E-state index contributed by atoms with van der Waals surface area (Å²) in [5.74, 6) is -1.70. The van der Waals surface area contributed by atoms with Gasteiger partial charge in [0.1, 0.15) is 14.9 Å². The first-order valence-electron chi connectivity index (χ1n) is 5.17. The number of benzene rings is 1. The summed E-state index contributed by atoms with van der Waals surface area (Å²) >= 11 is 0.674. The van der Waals surface area contributed by atoms with Crippen LogP contribution in [0, 0.1) is 12.7 Å². The molecule has 1 heterocycles. The minimum Gasteiger partial charge on any atom is -0.477 e. The lowest BCUT2D eigenvalue weighted by molar-refractivity contribution is 0.0702. The second-order valence-corrected chi connectivity index (χ2v) is 7.07. The largest absolute Gasteiger partial charge is 0.477 e. The van der Waals surface area contributed by atoms with E-state index < -0.39 is 21.6 Å². The molecule has 100 valence electrons. The van der Waals surface area contributed by atoms with Gasteiger partial charge in [-0.05, 0) is 42.8 Å². The van der Waals surface area contributed by atoms with E-state index in [1.165, 1.54) is 25.1 Å². The van der Waals surface area contributed by atoms with Crippen molar-refractivity contribution in [3.63, 3.8) is 0 Å². The van der Waals surface area contributed by atoms with Crippen LogP contribution >= 0.6 is 11.3 Å². The fourth-order valence-corrected chi connectivity index (χ4v) is 4.35. The molecule has 19 heavy (non-hydrogen) atoms. The predicted molar refractivity (Wildman–Crippen MR) is 67.9 cm³/mol. The topological polar surface area (TPSA) is 71.4 Å². The van der Waals surface area contributed by atoms with Crippen LogP contribution in [0.3, 0.4) is 0 Å². The summed E-state index contributed by atoms with van der Waals surface area (Å²) in [7, 11) is -3.81. The van der Waals surface area contributed by atoms with Gasteiger partial charge < -0.3 is 5.11 Å². The van der Waals surface area contributed by atoms with Gasteiger partial charge >= 0.3 is 5.97 Å². The summed E-state index contributed by atoms with van der Waals surface area (Å²) < 4.78 is 37.5. The third kappa shape index (κ3) is 2.52. The number of hydrogen-bond donors (Lipinski definition) is 1. The molecule has 2 rings (SSSR count). The van der Waals surface area contributed by atoms with Gasteiger partial charge in [0.25, 0.3) is 0 Å². The van der Waals surface area contributed by atoms with Crippen LogP contribution in [0.15, 0.2) is 39.4 Å². The lowest BCUT2D eigenvalue weighted by Gasteiger charge is -2.05. The van der Waals surface area contributed by atoms with Crippen molar-refractivity contribution in [3.05, 3.63) is 46.6 Å². The number of thiophene rings is 1. The molecule has 0 unspecified atom stereocenters. The van der Waals surface area contributed by atoms with E-state index in [2.05, 4.69) is 0 Å². The molecule has 0 aliphatic rings. The lowest BCUT2D eigenvalue weighted by atomic mass is 10.2. The van der Waals surface area contributed by atoms with Gasteiger partial charge in [-0.3, -0.25) is 0 Å². The molecule has 0 saturated carbocycles. The number of aryl methyl sites for hydroxylation is 1. The van der Waals surface area contributed by atoms with Gasteiger partial charge in [0.2, 0.25) is 9.84 Å². The molecule has 1 N–H and O–H groups in total. The summed E-state index contributed by atoms with van der Waals surface area (Å²) in [4.78, 5) is 10.7. The zero-order chi connectivity index (χ0) is 14.2. The molecule has 0 aliphatic carbocycles. The summed E-state index contributed by atoms with van der Waals surface area (Å²) in [6.45, 7) is 1.49. The second-order valence-electron chi connectivity index (χ2n) is 3.84. The third-order valence-corrected chi connectivity index (χ3v) is 5.96. The fourth-order valence-electron chi connectivity index (χ4n) is 1.60. The minimum absolute atomic E-state index is 0.0207. The molecule has 1 aromatic carbocycles. The maximum absolute atomic E-state index is 13.0. The number of carbonyl (C=O) groups is 1. The summed E-state index contributed by atoms with van der Waals surface area (Å²) in [6.07, 6.45) is 0. The number of hydrogen-bond acceptors (Lipinski definition) is 4. The van der Waals surface area contributed by atoms with Gasteiger partial charge in [-0.25, -0.2) is 17.6 Å². The molecule has 0 bridgehead atoms. The molecular weight excluding hydrogens is 291 g/mol. The van der Waals surface area contributed by atoms with E-state index in [0.717, 1.165) is 12.1 Å². The van der Waals surface area contributed by atoms with Crippen LogP contribution in [-0.4, -0.2) is 19.5 Å². The molecule has 0 aliphatic heterocycles. The molecule has 0 saturated heterocycles. The monoisotopic (exact) mass is 300 g/mol. The van der Waals surface area contributed by atoms with Gasteiger partial charge in [0, 0.05) is 0 Å². The first-order chi connectivity index (χ1) is 8.82. The molecule has 0 radical (unpaired) electrons. The minimum atomic E-state index is -3.81. The maximum atomic E-state index is 13.0. The van der Waals surface area contributed by atoms with Gasteiger partial charge in [-0.2, -0.15) is 0 Å². The van der Waals surface area contributed by atoms with E-state index in [9.17, 15) is 17.6 Å². The van der Waals surface area contributed by atoms with E-state index in [-0.39, 0.29) is 19.5 Å². The third-order valence-electron chi connectivity index (χ3n) is 2.48. The Labute approximate surface area is 113 Å². The van der Waals surface area contributed by atoms with Crippen molar-refractivity contribution >= 4 is 27.1 Å². The molecule has 4 nitrogen and oxygen atoms in total. The Kier molecular flexibility index (Phi) is 3.42. The van der Waals surface area contributed by atoms with Crippen molar-refractivity contribution in [2.75, 3.05) is 0 Å². The molecule has 1 aromatic heterocycles. The normalized spacial score (nSPS) is 11.5. The Balaban J connectivity index is 2.55. The average Bonchev–Trinajstić information content (AvgIpc) is 2.78. The van der Waals surface area contributed by atoms with E-state index >= 15 is 0 Å². The van der Waals surface area contributed by atoms with Crippen LogP contribution in [0.1, 0.15) is 15.2 Å². The number of sulfone groups is 1. The van der Waals surface area contributed by atoms with Crippen molar-refractivity contribution in [1.29, 1.82) is 0 Å². The van der Waals surface area contributed by atoms with Crippen molar-refractivity contribution in [2.45, 2.75) is 16.0 Å². The first kappa shape index (κ1) is 13.7. The van der Waals surface area contributed by atoms with Crippen LogP contribution < -0.4 is 0 Å². The number of halogens is 1. The number of rotatable bonds is 3. The van der Waals surface area contributed by atoms with E-state index in [0.29, 0.717) is 11.3 Å². The number of aromatic carboxylic acids is 1. The standard InChI is InChI=1S/C12H9FO4S2/c1-7-6-8(13)2-4-10(7)19(16,17)11-5-3-9(18-11)12(14)15/h2-6H,1H3,(H,14,15). The predicted octanol–water partition coefficient (Wildman–Crippen LogP) is 2.73. The highest BCUT2D eigenvalue weighted by Gasteiger charge is 2.23. The van der Waals surface area contributed by atoms with Crippen molar-refractivity contribution in [2.24, 2.45) is 0 Å². The van der Waals surface area contributed by atoms with Crippen LogP contribution in [0.25, 0.3) is 0 Å². The Morgan fingerprint density at radius 2 is 1.95 bits per heavy atom. The highest BCUT2D eigenvalue weighted by atomic mass is 32.2. The van der Waals surface area contributed by atoms with Crippen molar-refractivity contribution in [1.82, 2.24) is 0 Å². The summed E-state index contributed by atoms with van der Waals surface area (Å²) in [6, 6.07) is 5.84. The van der Waals surface area contributed by atoms with Crippen LogP contribution in [0.4, 0.5) is 4.39 Å². The Hall–Kier alpha value is -1.73. The Bertz CT molecular complexity index is 747.